The van der Waals surface area contributed by atoms with Crippen LogP contribution in [0.4, 0.5) is 0 Å². The normalized spacial score (nSPS) is 38.1. The summed E-state index contributed by atoms with van der Waals surface area (Å²) in [5.41, 5.74) is 0. The smallest absolute Gasteiger partial charge is 0.136 e. The van der Waals surface area contributed by atoms with Crippen LogP contribution in [0.1, 0.15) is 51.4 Å². The Bertz CT molecular complexity index is 304. The van der Waals surface area contributed by atoms with Crippen LogP contribution in [0.5, 0.6) is 0 Å². The van der Waals surface area contributed by atoms with Crippen LogP contribution in [-0.2, 0) is 4.79 Å². The predicted molar refractivity (Wildman–Crippen MR) is 66.7 cm³/mol. The molecule has 17 heavy (non-hydrogen) atoms. The van der Waals surface area contributed by atoms with Crippen LogP contribution in [0.2, 0.25) is 0 Å². The number of hydrogen-bond donors (Lipinski definition) is 0. The molecule has 2 aliphatic heterocycles. The van der Waals surface area contributed by atoms with E-state index in [1.54, 1.807) is 0 Å². The maximum Gasteiger partial charge on any atom is 0.136 e. The van der Waals surface area contributed by atoms with E-state index >= 15 is 0 Å². The van der Waals surface area contributed by atoms with Crippen LogP contribution in [0, 0.1) is 17.8 Å². The lowest BCUT2D eigenvalue weighted by Crippen LogP contribution is -2.46. The van der Waals surface area contributed by atoms with Crippen molar-refractivity contribution in [1.29, 1.82) is 0 Å². The summed E-state index contributed by atoms with van der Waals surface area (Å²) in [6.07, 6.45) is 10.3. The van der Waals surface area contributed by atoms with Gasteiger partial charge in [0.05, 0.1) is 0 Å². The summed E-state index contributed by atoms with van der Waals surface area (Å²) in [6, 6.07) is 1.25. The monoisotopic (exact) mass is 233 g/mol. The third-order valence-corrected chi connectivity index (χ3v) is 5.57. The quantitative estimate of drug-likeness (QED) is 0.744. The van der Waals surface area contributed by atoms with E-state index < -0.39 is 0 Å². The molecule has 0 aromatic rings. The molecule has 0 N–H and O–H groups in total. The lowest BCUT2D eigenvalue weighted by Gasteiger charge is -2.36. The zero-order chi connectivity index (χ0) is 11.4. The second-order valence-corrected chi connectivity index (χ2v) is 6.87. The molecule has 2 atom stereocenters. The van der Waals surface area contributed by atoms with Crippen molar-refractivity contribution >= 4 is 5.78 Å². The molecular formula is C15H23NO. The Morgan fingerprint density at radius 3 is 1.94 bits per heavy atom. The minimum absolute atomic E-state index is 0.531. The lowest BCUT2D eigenvalue weighted by molar-refractivity contribution is -0.123. The summed E-state index contributed by atoms with van der Waals surface area (Å²) in [6.45, 7) is 1.33. The first kappa shape index (κ1) is 10.5. The fourth-order valence-corrected chi connectivity index (χ4v) is 4.34. The van der Waals surface area contributed by atoms with E-state index in [0.29, 0.717) is 17.9 Å². The molecule has 2 saturated carbocycles. The van der Waals surface area contributed by atoms with Crippen LogP contribution in [0.15, 0.2) is 0 Å². The average Bonchev–Trinajstić information content (AvgIpc) is 3.15. The van der Waals surface area contributed by atoms with Crippen LogP contribution >= 0.6 is 0 Å². The van der Waals surface area contributed by atoms with Gasteiger partial charge in [-0.25, -0.2) is 0 Å². The second kappa shape index (κ2) is 3.81. The summed E-state index contributed by atoms with van der Waals surface area (Å²) in [7, 11) is 0. The van der Waals surface area contributed by atoms with E-state index in [9.17, 15) is 4.79 Å². The topological polar surface area (TPSA) is 20.3 Å². The SMILES string of the molecule is O=C1CC2CCC(C1)N2CC(C1CC1)C1CC1. The van der Waals surface area contributed by atoms with Gasteiger partial charge in [-0.05, 0) is 56.3 Å². The summed E-state index contributed by atoms with van der Waals surface area (Å²) < 4.78 is 0. The number of carbonyl (C=O) groups excluding carboxylic acids is 1. The minimum atomic E-state index is 0.531. The lowest BCUT2D eigenvalue weighted by atomic mass is 9.93. The van der Waals surface area contributed by atoms with Crippen LogP contribution < -0.4 is 0 Å². The maximum atomic E-state index is 11.6. The summed E-state index contributed by atoms with van der Waals surface area (Å²) in [5, 5.41) is 0. The predicted octanol–water partition coefficient (Wildman–Crippen LogP) is 2.62. The van der Waals surface area contributed by atoms with Crippen LogP contribution in [0.3, 0.4) is 0 Å². The molecule has 2 heteroatoms. The highest BCUT2D eigenvalue weighted by Crippen LogP contribution is 2.50. The van der Waals surface area contributed by atoms with Gasteiger partial charge in [-0.15, -0.1) is 0 Å². The van der Waals surface area contributed by atoms with Gasteiger partial charge in [0.2, 0.25) is 0 Å². The number of rotatable bonds is 4. The van der Waals surface area contributed by atoms with Crippen molar-refractivity contribution in [2.24, 2.45) is 17.8 Å². The number of hydrogen-bond acceptors (Lipinski definition) is 2. The first-order valence-corrected chi connectivity index (χ1v) is 7.58. The molecule has 2 aliphatic carbocycles. The van der Waals surface area contributed by atoms with Crippen LogP contribution in [0.25, 0.3) is 0 Å². The molecule has 2 bridgehead atoms. The molecule has 2 heterocycles. The number of nitrogens with zero attached hydrogens (tertiary/aromatic N) is 1. The highest BCUT2D eigenvalue weighted by Gasteiger charge is 2.46. The van der Waals surface area contributed by atoms with E-state index in [1.807, 2.05) is 0 Å². The second-order valence-electron chi connectivity index (χ2n) is 6.87. The molecule has 0 amide bonds. The summed E-state index contributed by atoms with van der Waals surface area (Å²) in [5.74, 6) is 3.63. The fourth-order valence-electron chi connectivity index (χ4n) is 4.34. The molecule has 2 nitrogen and oxygen atoms in total. The third-order valence-electron chi connectivity index (χ3n) is 5.57. The van der Waals surface area contributed by atoms with Gasteiger partial charge in [-0.2, -0.15) is 0 Å². The van der Waals surface area contributed by atoms with E-state index in [1.165, 1.54) is 45.1 Å². The van der Waals surface area contributed by atoms with E-state index in [4.69, 9.17) is 0 Å². The first-order chi connectivity index (χ1) is 8.31. The molecule has 4 aliphatic rings. The molecular weight excluding hydrogens is 210 g/mol. The van der Waals surface area contributed by atoms with Gasteiger partial charge in [-0.3, -0.25) is 9.69 Å². The molecule has 0 aromatic carbocycles. The van der Waals surface area contributed by atoms with Gasteiger partial charge in [0, 0.05) is 31.5 Å². The Hall–Kier alpha value is -0.370. The Labute approximate surface area is 104 Å². The number of piperidine rings is 1. The Kier molecular flexibility index (Phi) is 2.36. The molecule has 0 radical (unpaired) electrons. The van der Waals surface area contributed by atoms with Crippen molar-refractivity contribution in [1.82, 2.24) is 4.90 Å². The zero-order valence-electron chi connectivity index (χ0n) is 10.6. The number of Topliss-reactive ketones (excluding diaryl/α,β-unsaturated/α-hetero) is 1. The molecule has 2 unspecified atom stereocenters. The van der Waals surface area contributed by atoms with Gasteiger partial charge >= 0.3 is 0 Å². The first-order valence-electron chi connectivity index (χ1n) is 7.58. The summed E-state index contributed by atoms with van der Waals surface area (Å²) >= 11 is 0. The minimum Gasteiger partial charge on any atom is -0.300 e. The summed E-state index contributed by atoms with van der Waals surface area (Å²) in [4.78, 5) is 14.4. The van der Waals surface area contributed by atoms with Crippen molar-refractivity contribution in [3.05, 3.63) is 0 Å². The van der Waals surface area contributed by atoms with Crippen molar-refractivity contribution in [2.45, 2.75) is 63.5 Å². The molecule has 2 saturated heterocycles. The number of fused-ring (bicyclic) bond motifs is 2. The van der Waals surface area contributed by atoms with E-state index in [0.717, 1.165) is 30.6 Å². The number of ketones is 1. The van der Waals surface area contributed by atoms with E-state index in [-0.39, 0.29) is 0 Å². The van der Waals surface area contributed by atoms with Crippen molar-refractivity contribution in [2.75, 3.05) is 6.54 Å². The molecule has 0 spiro atoms. The molecule has 4 rings (SSSR count). The van der Waals surface area contributed by atoms with Crippen LogP contribution in [-0.4, -0.2) is 29.3 Å². The van der Waals surface area contributed by atoms with Gasteiger partial charge in [-0.1, -0.05) is 0 Å². The van der Waals surface area contributed by atoms with Crippen molar-refractivity contribution in [3.8, 4) is 0 Å². The zero-order valence-corrected chi connectivity index (χ0v) is 10.6. The Morgan fingerprint density at radius 2 is 1.47 bits per heavy atom. The standard InChI is InChI=1S/C15H23NO/c17-14-7-12-5-6-13(8-14)16(12)9-15(10-1-2-10)11-3-4-11/h10-13,15H,1-9H2. The third kappa shape index (κ3) is 1.95. The molecule has 4 fully saturated rings. The van der Waals surface area contributed by atoms with Crippen molar-refractivity contribution in [3.63, 3.8) is 0 Å². The number of carbonyl (C=O) groups is 1. The van der Waals surface area contributed by atoms with E-state index in [2.05, 4.69) is 4.90 Å². The Morgan fingerprint density at radius 1 is 0.941 bits per heavy atom. The van der Waals surface area contributed by atoms with Gasteiger partial charge < -0.3 is 0 Å². The average molecular weight is 233 g/mol. The largest absolute Gasteiger partial charge is 0.300 e. The molecule has 0 aromatic heterocycles. The van der Waals surface area contributed by atoms with Gasteiger partial charge in [0.15, 0.2) is 0 Å². The van der Waals surface area contributed by atoms with Crippen molar-refractivity contribution < 1.29 is 4.79 Å². The highest BCUT2D eigenvalue weighted by atomic mass is 16.1. The molecule has 94 valence electrons. The highest BCUT2D eigenvalue weighted by molar-refractivity contribution is 5.80. The maximum absolute atomic E-state index is 11.6. The van der Waals surface area contributed by atoms with Gasteiger partial charge in [0.25, 0.3) is 0 Å². The Balaban J connectivity index is 1.46. The van der Waals surface area contributed by atoms with Gasteiger partial charge in [0.1, 0.15) is 5.78 Å². The fraction of sp³-hybridized carbons (Fsp3) is 0.933.